The summed E-state index contributed by atoms with van der Waals surface area (Å²) >= 11 is 0. The second-order valence-electron chi connectivity index (χ2n) is 4.78. The quantitative estimate of drug-likeness (QED) is 0.751. The zero-order chi connectivity index (χ0) is 13.0. The van der Waals surface area contributed by atoms with Crippen LogP contribution in [0.5, 0.6) is 5.75 Å². The molecule has 0 amide bonds. The Hall–Kier alpha value is -1.10. The molecule has 4 nitrogen and oxygen atoms in total. The maximum atomic E-state index is 9.42. The van der Waals surface area contributed by atoms with Gasteiger partial charge in [-0.15, -0.1) is 0 Å². The van der Waals surface area contributed by atoms with Gasteiger partial charge in [-0.05, 0) is 25.3 Å². The van der Waals surface area contributed by atoms with Crippen molar-refractivity contribution in [1.29, 1.82) is 0 Å². The number of rotatable bonds is 4. The van der Waals surface area contributed by atoms with E-state index >= 15 is 0 Å². The van der Waals surface area contributed by atoms with Crippen molar-refractivity contribution in [3.63, 3.8) is 0 Å². The normalized spacial score (nSPS) is 20.7. The lowest BCUT2D eigenvalue weighted by Gasteiger charge is -2.20. The zero-order valence-electron chi connectivity index (χ0n) is 10.7. The van der Waals surface area contributed by atoms with E-state index in [1.807, 2.05) is 19.1 Å². The summed E-state index contributed by atoms with van der Waals surface area (Å²) in [5.41, 5.74) is 2.29. The van der Waals surface area contributed by atoms with Crippen LogP contribution in [0.3, 0.4) is 0 Å². The molecule has 18 heavy (non-hydrogen) atoms. The molecule has 100 valence electrons. The monoisotopic (exact) mass is 251 g/mol. The van der Waals surface area contributed by atoms with Gasteiger partial charge in [0.25, 0.3) is 0 Å². The van der Waals surface area contributed by atoms with Gasteiger partial charge in [-0.25, -0.2) is 0 Å². The molecule has 0 bridgehead atoms. The van der Waals surface area contributed by atoms with Crippen molar-refractivity contribution in [2.24, 2.45) is 0 Å². The van der Waals surface area contributed by atoms with Gasteiger partial charge < -0.3 is 20.3 Å². The Kier molecular flexibility index (Phi) is 4.58. The van der Waals surface area contributed by atoms with Crippen LogP contribution in [0.2, 0.25) is 0 Å². The molecule has 1 aromatic rings. The fraction of sp³-hybridized carbons (Fsp3) is 0.571. The van der Waals surface area contributed by atoms with Crippen LogP contribution in [0.15, 0.2) is 18.2 Å². The van der Waals surface area contributed by atoms with Crippen molar-refractivity contribution < 1.29 is 14.9 Å². The van der Waals surface area contributed by atoms with E-state index in [1.54, 1.807) is 0 Å². The smallest absolute Gasteiger partial charge is 0.126 e. The summed E-state index contributed by atoms with van der Waals surface area (Å²) in [5.74, 6) is 0.964. The highest BCUT2D eigenvalue weighted by Crippen LogP contribution is 2.33. The third kappa shape index (κ3) is 3.02. The van der Waals surface area contributed by atoms with Crippen LogP contribution in [-0.4, -0.2) is 36.1 Å². The van der Waals surface area contributed by atoms with Gasteiger partial charge in [-0.2, -0.15) is 0 Å². The molecule has 2 unspecified atom stereocenters. The van der Waals surface area contributed by atoms with Crippen LogP contribution in [0.25, 0.3) is 0 Å². The average Bonchev–Trinajstić information content (AvgIpc) is 2.59. The standard InChI is InChI=1S/C14H21NO3/c1-10-4-2-5-12-13(15-8-11(17)9-16)6-3-7-18-14(10)12/h2,4-5,11,13,15-17H,3,6-9H2,1H3. The van der Waals surface area contributed by atoms with Crippen molar-refractivity contribution in [2.45, 2.75) is 31.9 Å². The minimum Gasteiger partial charge on any atom is -0.493 e. The van der Waals surface area contributed by atoms with Crippen molar-refractivity contribution in [2.75, 3.05) is 19.8 Å². The minimum atomic E-state index is -0.706. The average molecular weight is 251 g/mol. The highest BCUT2D eigenvalue weighted by molar-refractivity contribution is 5.43. The lowest BCUT2D eigenvalue weighted by Crippen LogP contribution is -2.32. The Morgan fingerprint density at radius 1 is 1.50 bits per heavy atom. The third-order valence-electron chi connectivity index (χ3n) is 3.31. The van der Waals surface area contributed by atoms with E-state index in [0.29, 0.717) is 6.54 Å². The van der Waals surface area contributed by atoms with Gasteiger partial charge in [0, 0.05) is 18.2 Å². The first-order valence-corrected chi connectivity index (χ1v) is 6.47. The third-order valence-corrected chi connectivity index (χ3v) is 3.31. The van der Waals surface area contributed by atoms with Gasteiger partial charge in [0.1, 0.15) is 5.75 Å². The SMILES string of the molecule is Cc1cccc2c1OCCCC2NCC(O)CO. The van der Waals surface area contributed by atoms with Crippen molar-refractivity contribution in [3.8, 4) is 5.75 Å². The molecule has 2 rings (SSSR count). The summed E-state index contributed by atoms with van der Waals surface area (Å²) in [7, 11) is 0. The van der Waals surface area contributed by atoms with Crippen molar-refractivity contribution >= 4 is 0 Å². The lowest BCUT2D eigenvalue weighted by atomic mass is 9.99. The Balaban J connectivity index is 2.14. The molecule has 2 atom stereocenters. The molecule has 1 aromatic carbocycles. The highest BCUT2D eigenvalue weighted by atomic mass is 16.5. The molecule has 3 N–H and O–H groups in total. The largest absolute Gasteiger partial charge is 0.493 e. The molecule has 0 spiro atoms. The summed E-state index contributed by atoms with van der Waals surface area (Å²) in [6, 6.07) is 6.32. The van der Waals surface area contributed by atoms with Crippen molar-refractivity contribution in [3.05, 3.63) is 29.3 Å². The van der Waals surface area contributed by atoms with E-state index in [2.05, 4.69) is 11.4 Å². The molecule has 0 saturated carbocycles. The molecule has 1 aliphatic heterocycles. The molecule has 0 saturated heterocycles. The molecular formula is C14H21NO3. The van der Waals surface area contributed by atoms with Crippen LogP contribution in [0.4, 0.5) is 0 Å². The van der Waals surface area contributed by atoms with Crippen LogP contribution in [0.1, 0.15) is 30.0 Å². The van der Waals surface area contributed by atoms with Crippen LogP contribution in [-0.2, 0) is 0 Å². The number of hydrogen-bond acceptors (Lipinski definition) is 4. The van der Waals surface area contributed by atoms with E-state index in [1.165, 1.54) is 0 Å². The summed E-state index contributed by atoms with van der Waals surface area (Å²) in [4.78, 5) is 0. The summed E-state index contributed by atoms with van der Waals surface area (Å²) in [6.45, 7) is 2.97. The Morgan fingerprint density at radius 3 is 3.11 bits per heavy atom. The van der Waals surface area contributed by atoms with E-state index in [4.69, 9.17) is 9.84 Å². The minimum absolute atomic E-state index is 0.184. The molecule has 0 aliphatic carbocycles. The second-order valence-corrected chi connectivity index (χ2v) is 4.78. The molecule has 0 aromatic heterocycles. The van der Waals surface area contributed by atoms with Gasteiger partial charge in [-0.1, -0.05) is 18.2 Å². The molecule has 0 fully saturated rings. The summed E-state index contributed by atoms with van der Waals surface area (Å²) in [6.07, 6.45) is 1.26. The first kappa shape index (κ1) is 13.3. The number of hydrogen-bond donors (Lipinski definition) is 3. The highest BCUT2D eigenvalue weighted by Gasteiger charge is 2.21. The molecule has 1 heterocycles. The number of fused-ring (bicyclic) bond motifs is 1. The maximum absolute atomic E-state index is 9.42. The first-order chi connectivity index (χ1) is 8.72. The van der Waals surface area contributed by atoms with E-state index in [0.717, 1.165) is 36.3 Å². The van der Waals surface area contributed by atoms with Gasteiger partial charge in [0.05, 0.1) is 19.3 Å². The Labute approximate surface area is 108 Å². The number of nitrogens with one attached hydrogen (secondary N) is 1. The molecule has 1 aliphatic rings. The predicted octanol–water partition coefficient (Wildman–Crippen LogP) is 1.15. The topological polar surface area (TPSA) is 61.7 Å². The zero-order valence-corrected chi connectivity index (χ0v) is 10.7. The Bertz CT molecular complexity index is 395. The fourth-order valence-corrected chi connectivity index (χ4v) is 2.32. The number of aryl methyl sites for hydroxylation is 1. The number of benzene rings is 1. The van der Waals surface area contributed by atoms with E-state index < -0.39 is 6.10 Å². The van der Waals surface area contributed by atoms with Gasteiger partial charge in [0.15, 0.2) is 0 Å². The first-order valence-electron chi connectivity index (χ1n) is 6.47. The summed E-state index contributed by atoms with van der Waals surface area (Å²) < 4.78 is 5.79. The van der Waals surface area contributed by atoms with Crippen LogP contribution in [0, 0.1) is 6.92 Å². The molecule has 0 radical (unpaired) electrons. The Morgan fingerprint density at radius 2 is 2.33 bits per heavy atom. The lowest BCUT2D eigenvalue weighted by molar-refractivity contribution is 0.0915. The number of para-hydroxylation sites is 1. The van der Waals surface area contributed by atoms with E-state index in [9.17, 15) is 5.11 Å². The van der Waals surface area contributed by atoms with E-state index in [-0.39, 0.29) is 12.6 Å². The van der Waals surface area contributed by atoms with Gasteiger partial charge in [-0.3, -0.25) is 0 Å². The van der Waals surface area contributed by atoms with Gasteiger partial charge in [0.2, 0.25) is 0 Å². The molecular weight excluding hydrogens is 230 g/mol. The predicted molar refractivity (Wildman–Crippen MR) is 69.7 cm³/mol. The van der Waals surface area contributed by atoms with Gasteiger partial charge >= 0.3 is 0 Å². The molecule has 4 heteroatoms. The second kappa shape index (κ2) is 6.18. The number of ether oxygens (including phenoxy) is 1. The van der Waals surface area contributed by atoms with Crippen molar-refractivity contribution in [1.82, 2.24) is 5.32 Å². The van der Waals surface area contributed by atoms with Crippen LogP contribution < -0.4 is 10.1 Å². The number of aliphatic hydroxyl groups is 2. The number of aliphatic hydroxyl groups excluding tert-OH is 2. The maximum Gasteiger partial charge on any atom is 0.126 e. The summed E-state index contributed by atoms with van der Waals surface area (Å²) in [5, 5.41) is 21.6. The fourth-order valence-electron chi connectivity index (χ4n) is 2.32. The van der Waals surface area contributed by atoms with Crippen LogP contribution >= 0.6 is 0 Å².